The number of aromatic nitrogens is 2. The van der Waals surface area contributed by atoms with Crippen LogP contribution in [0.1, 0.15) is 13.8 Å². The number of hydrogen-bond acceptors (Lipinski definition) is 4. The zero-order chi connectivity index (χ0) is 15.2. The summed E-state index contributed by atoms with van der Waals surface area (Å²) in [4.78, 5) is 15.9. The van der Waals surface area contributed by atoms with E-state index in [4.69, 9.17) is 4.74 Å². The van der Waals surface area contributed by atoms with Crippen LogP contribution in [-0.4, -0.2) is 27.9 Å². The van der Waals surface area contributed by atoms with E-state index < -0.39 is 0 Å². The molecule has 2 rings (SSSR count). The lowest BCUT2D eigenvalue weighted by molar-refractivity contribution is -0.139. The first kappa shape index (κ1) is 16.1. The molecule has 2 aromatic rings. The molecular weight excluding hydrogens is 352 g/mol. The van der Waals surface area contributed by atoms with Crippen LogP contribution < -0.4 is 0 Å². The number of carbonyl (C=O) groups excluding carboxylic acids is 1. The number of carbonyl (C=O) groups is 1. The monoisotopic (exact) mass is 368 g/mol. The van der Waals surface area contributed by atoms with Gasteiger partial charge in [-0.2, -0.15) is 0 Å². The van der Waals surface area contributed by atoms with Crippen LogP contribution >= 0.6 is 27.7 Å². The molecule has 0 saturated heterocycles. The predicted octanol–water partition coefficient (Wildman–Crippen LogP) is 3.99. The first-order valence-corrected chi connectivity index (χ1v) is 8.53. The number of hydrogen-bond donors (Lipinski definition) is 0. The van der Waals surface area contributed by atoms with E-state index >= 15 is 0 Å². The number of esters is 1. The lowest BCUT2D eigenvalue weighted by atomic mass is 10.2. The average Bonchev–Trinajstić information content (AvgIpc) is 2.89. The molecule has 0 unspecified atom stereocenters. The van der Waals surface area contributed by atoms with Gasteiger partial charge in [0.25, 0.3) is 0 Å². The zero-order valence-electron chi connectivity index (χ0n) is 12.0. The molecule has 21 heavy (non-hydrogen) atoms. The Kier molecular flexibility index (Phi) is 5.87. The van der Waals surface area contributed by atoms with E-state index in [0.717, 1.165) is 27.4 Å². The summed E-state index contributed by atoms with van der Waals surface area (Å²) in [6, 6.07) is 8.11. The Hall–Kier alpha value is -1.27. The van der Waals surface area contributed by atoms with Gasteiger partial charge < -0.3 is 9.30 Å². The van der Waals surface area contributed by atoms with Gasteiger partial charge in [-0.05, 0) is 31.5 Å². The summed E-state index contributed by atoms with van der Waals surface area (Å²) in [5.74, 6) is 0.0725. The molecule has 0 fully saturated rings. The average molecular weight is 369 g/mol. The van der Waals surface area contributed by atoms with Crippen LogP contribution in [0.15, 0.2) is 40.1 Å². The summed E-state index contributed by atoms with van der Waals surface area (Å²) in [5, 5.41) is 0.837. The van der Waals surface area contributed by atoms with Crippen molar-refractivity contribution < 1.29 is 9.53 Å². The maximum absolute atomic E-state index is 11.4. The molecule has 0 atom stereocenters. The van der Waals surface area contributed by atoms with Crippen molar-refractivity contribution in [2.45, 2.75) is 25.5 Å². The van der Waals surface area contributed by atoms with E-state index in [9.17, 15) is 4.79 Å². The lowest BCUT2D eigenvalue weighted by Crippen LogP contribution is -2.08. The smallest absolute Gasteiger partial charge is 0.316 e. The third-order valence-electron chi connectivity index (χ3n) is 2.90. The van der Waals surface area contributed by atoms with Gasteiger partial charge in [0, 0.05) is 11.0 Å². The zero-order valence-corrected chi connectivity index (χ0v) is 14.4. The fourth-order valence-electron chi connectivity index (χ4n) is 1.96. The molecule has 0 N–H and O–H groups in total. The molecule has 0 spiro atoms. The number of benzene rings is 1. The molecular formula is C15H17BrN2O2S. The highest BCUT2D eigenvalue weighted by atomic mass is 79.9. The fraction of sp³-hybridized carbons (Fsp3) is 0.333. The quantitative estimate of drug-likeness (QED) is 0.571. The van der Waals surface area contributed by atoms with Crippen LogP contribution in [0, 0.1) is 0 Å². The van der Waals surface area contributed by atoms with E-state index in [1.165, 1.54) is 11.8 Å². The number of imidazole rings is 1. The van der Waals surface area contributed by atoms with Crippen molar-refractivity contribution in [3.05, 3.63) is 34.9 Å². The number of nitrogens with zero attached hydrogens (tertiary/aromatic N) is 2. The Labute approximate surface area is 137 Å². The normalized spacial score (nSPS) is 10.6. The Morgan fingerprint density at radius 2 is 2.05 bits per heavy atom. The Balaban J connectivity index is 2.18. The largest absolute Gasteiger partial charge is 0.465 e. The van der Waals surface area contributed by atoms with Gasteiger partial charge in [0.05, 0.1) is 24.3 Å². The first-order chi connectivity index (χ1) is 10.2. The third kappa shape index (κ3) is 4.11. The van der Waals surface area contributed by atoms with Crippen LogP contribution in [0.3, 0.4) is 0 Å². The minimum absolute atomic E-state index is 0.210. The topological polar surface area (TPSA) is 44.1 Å². The third-order valence-corrected chi connectivity index (χ3v) is 4.39. The minimum Gasteiger partial charge on any atom is -0.465 e. The maximum Gasteiger partial charge on any atom is 0.316 e. The summed E-state index contributed by atoms with van der Waals surface area (Å²) < 4.78 is 8.09. The van der Waals surface area contributed by atoms with E-state index in [-0.39, 0.29) is 11.7 Å². The van der Waals surface area contributed by atoms with Gasteiger partial charge in [-0.1, -0.05) is 39.8 Å². The van der Waals surface area contributed by atoms with Crippen LogP contribution in [0.5, 0.6) is 0 Å². The van der Waals surface area contributed by atoms with E-state index in [2.05, 4.69) is 32.4 Å². The second-order valence-electron chi connectivity index (χ2n) is 4.27. The second-order valence-corrected chi connectivity index (χ2v) is 6.13. The molecule has 0 amide bonds. The Morgan fingerprint density at radius 3 is 2.67 bits per heavy atom. The second kappa shape index (κ2) is 7.66. The number of thioether (sulfide) groups is 1. The highest BCUT2D eigenvalue weighted by Crippen LogP contribution is 2.27. The Bertz CT molecular complexity index is 611. The van der Waals surface area contributed by atoms with Gasteiger partial charge >= 0.3 is 5.97 Å². The molecule has 112 valence electrons. The van der Waals surface area contributed by atoms with Crippen molar-refractivity contribution in [2.75, 3.05) is 12.4 Å². The predicted molar refractivity (Wildman–Crippen MR) is 88.4 cm³/mol. The first-order valence-electron chi connectivity index (χ1n) is 6.75. The summed E-state index contributed by atoms with van der Waals surface area (Å²) in [6.07, 6.45) is 1.85. The highest BCUT2D eigenvalue weighted by Gasteiger charge is 2.13. The van der Waals surface area contributed by atoms with Crippen LogP contribution in [0.2, 0.25) is 0 Å². The van der Waals surface area contributed by atoms with Crippen LogP contribution in [-0.2, 0) is 16.1 Å². The van der Waals surface area contributed by atoms with Gasteiger partial charge in [-0.15, -0.1) is 0 Å². The highest BCUT2D eigenvalue weighted by molar-refractivity contribution is 9.10. The van der Waals surface area contributed by atoms with Gasteiger partial charge in [0.2, 0.25) is 0 Å². The minimum atomic E-state index is -0.210. The van der Waals surface area contributed by atoms with Gasteiger partial charge in [0.15, 0.2) is 5.16 Å². The molecule has 0 aliphatic heterocycles. The number of rotatable bonds is 6. The van der Waals surface area contributed by atoms with Crippen molar-refractivity contribution in [3.8, 4) is 11.3 Å². The maximum atomic E-state index is 11.4. The molecule has 0 aliphatic rings. The SMILES string of the molecule is CCOC(=O)CSc1ncc(-c2ccc(Br)cc2)n1CC. The van der Waals surface area contributed by atoms with Gasteiger partial charge in [0.1, 0.15) is 0 Å². The molecule has 1 heterocycles. The molecule has 6 heteroatoms. The molecule has 0 aliphatic carbocycles. The standard InChI is InChI=1S/C15H17BrN2O2S/c1-3-18-13(11-5-7-12(16)8-6-11)9-17-15(18)21-10-14(19)20-4-2/h5-9H,3-4,10H2,1-2H3. The van der Waals surface area contributed by atoms with E-state index in [0.29, 0.717) is 6.61 Å². The summed E-state index contributed by atoms with van der Waals surface area (Å²) in [7, 11) is 0. The molecule has 1 aromatic heterocycles. The van der Waals surface area contributed by atoms with Crippen molar-refractivity contribution >= 4 is 33.7 Å². The number of ether oxygens (including phenoxy) is 1. The molecule has 4 nitrogen and oxygen atoms in total. The van der Waals surface area contributed by atoms with Crippen LogP contribution in [0.25, 0.3) is 11.3 Å². The van der Waals surface area contributed by atoms with Crippen molar-refractivity contribution in [1.29, 1.82) is 0 Å². The van der Waals surface area contributed by atoms with E-state index in [1.807, 2.05) is 30.5 Å². The van der Waals surface area contributed by atoms with Gasteiger partial charge in [-0.3, -0.25) is 4.79 Å². The fourth-order valence-corrected chi connectivity index (χ4v) is 3.06. The molecule has 0 saturated carbocycles. The molecule has 0 radical (unpaired) electrons. The molecule has 0 bridgehead atoms. The van der Waals surface area contributed by atoms with E-state index in [1.54, 1.807) is 6.92 Å². The number of halogens is 1. The lowest BCUT2D eigenvalue weighted by Gasteiger charge is -2.09. The summed E-state index contributed by atoms with van der Waals surface area (Å²) in [5.41, 5.74) is 2.16. The van der Waals surface area contributed by atoms with Crippen molar-refractivity contribution in [3.63, 3.8) is 0 Å². The van der Waals surface area contributed by atoms with Crippen molar-refractivity contribution in [2.24, 2.45) is 0 Å². The summed E-state index contributed by atoms with van der Waals surface area (Å²) >= 11 is 4.84. The Morgan fingerprint density at radius 1 is 1.33 bits per heavy atom. The van der Waals surface area contributed by atoms with Crippen molar-refractivity contribution in [1.82, 2.24) is 9.55 Å². The molecule has 1 aromatic carbocycles. The van der Waals surface area contributed by atoms with Gasteiger partial charge in [-0.25, -0.2) is 4.98 Å². The van der Waals surface area contributed by atoms with Crippen LogP contribution in [0.4, 0.5) is 0 Å². The summed E-state index contributed by atoms with van der Waals surface area (Å²) in [6.45, 7) is 5.09.